The maximum Gasteiger partial charge on any atom is 0.240 e. The largest absolute Gasteiger partial charge is 0.294 e. The highest BCUT2D eigenvalue weighted by molar-refractivity contribution is 7.89. The molecule has 0 aliphatic carbocycles. The number of sulfonamides is 1. The van der Waals surface area contributed by atoms with Gasteiger partial charge in [0.05, 0.1) is 4.90 Å². The first-order chi connectivity index (χ1) is 13.5. The Kier molecular flexibility index (Phi) is 6.86. The van der Waals surface area contributed by atoms with Crippen LogP contribution in [0, 0.1) is 0 Å². The minimum absolute atomic E-state index is 0.108. The first kappa shape index (κ1) is 20.6. The Morgan fingerprint density at radius 1 is 0.893 bits per heavy atom. The molecule has 146 valence electrons. The molecule has 3 rings (SSSR count). The van der Waals surface area contributed by atoms with Crippen LogP contribution >= 0.6 is 11.6 Å². The van der Waals surface area contributed by atoms with E-state index in [1.54, 1.807) is 12.1 Å². The van der Waals surface area contributed by atoms with Crippen LogP contribution < -0.4 is 4.72 Å². The van der Waals surface area contributed by atoms with Crippen LogP contribution in [0.5, 0.6) is 0 Å². The van der Waals surface area contributed by atoms with Crippen LogP contribution in [-0.2, 0) is 16.6 Å². The molecule has 0 heterocycles. The summed E-state index contributed by atoms with van der Waals surface area (Å²) in [5, 5.41) is 0.503. The van der Waals surface area contributed by atoms with Crippen molar-refractivity contribution < 1.29 is 8.42 Å². The second kappa shape index (κ2) is 9.34. The van der Waals surface area contributed by atoms with Crippen molar-refractivity contribution in [1.29, 1.82) is 0 Å². The van der Waals surface area contributed by atoms with Crippen molar-refractivity contribution in [1.82, 2.24) is 9.62 Å². The molecule has 0 amide bonds. The minimum atomic E-state index is -3.62. The number of nitrogens with one attached hydrogen (secondary N) is 1. The topological polar surface area (TPSA) is 49.4 Å². The first-order valence-corrected chi connectivity index (χ1v) is 10.9. The van der Waals surface area contributed by atoms with Crippen LogP contribution in [0.15, 0.2) is 89.8 Å². The van der Waals surface area contributed by atoms with E-state index in [1.165, 1.54) is 17.7 Å². The van der Waals surface area contributed by atoms with E-state index in [0.717, 1.165) is 5.56 Å². The highest BCUT2D eigenvalue weighted by Gasteiger charge is 2.21. The zero-order chi connectivity index (χ0) is 20.0. The van der Waals surface area contributed by atoms with Gasteiger partial charge in [-0.15, -0.1) is 0 Å². The molecule has 3 aromatic rings. The average Bonchev–Trinajstić information content (AvgIpc) is 2.70. The van der Waals surface area contributed by atoms with E-state index in [0.29, 0.717) is 11.6 Å². The molecule has 1 N–H and O–H groups in total. The van der Waals surface area contributed by atoms with Crippen LogP contribution in [0.25, 0.3) is 0 Å². The van der Waals surface area contributed by atoms with Crippen LogP contribution in [0.1, 0.15) is 17.2 Å². The highest BCUT2D eigenvalue weighted by Crippen LogP contribution is 2.22. The SMILES string of the molecule is CN(Cc1ccccc1)[C@H](CNS(=O)(=O)c1ccc(Cl)cc1)c1ccccc1. The third-order valence-electron chi connectivity index (χ3n) is 4.58. The molecule has 0 unspecified atom stereocenters. The van der Waals surface area contributed by atoms with Gasteiger partial charge in [-0.1, -0.05) is 72.3 Å². The number of halogens is 1. The van der Waals surface area contributed by atoms with Crippen LogP contribution in [0.2, 0.25) is 5.02 Å². The molecule has 0 fully saturated rings. The average molecular weight is 415 g/mol. The molecule has 4 nitrogen and oxygen atoms in total. The summed E-state index contributed by atoms with van der Waals surface area (Å²) in [6.45, 7) is 0.974. The summed E-state index contributed by atoms with van der Waals surface area (Å²) in [6.07, 6.45) is 0. The molecule has 0 saturated heterocycles. The highest BCUT2D eigenvalue weighted by atomic mass is 35.5. The fraction of sp³-hybridized carbons (Fsp3) is 0.182. The summed E-state index contributed by atoms with van der Waals surface area (Å²) in [4.78, 5) is 2.35. The van der Waals surface area contributed by atoms with E-state index in [2.05, 4.69) is 21.8 Å². The second-order valence-corrected chi connectivity index (χ2v) is 8.84. The standard InChI is InChI=1S/C22H23ClN2O2S/c1-25(17-18-8-4-2-5-9-18)22(19-10-6-3-7-11-19)16-24-28(26,27)21-14-12-20(23)13-15-21/h2-15,22,24H,16-17H2,1H3/t22-/m1/s1. The quantitative estimate of drug-likeness (QED) is 0.590. The third-order valence-corrected chi connectivity index (χ3v) is 6.27. The molecule has 0 bridgehead atoms. The maximum absolute atomic E-state index is 12.7. The van der Waals surface area contributed by atoms with Crippen LogP contribution in [-0.4, -0.2) is 26.9 Å². The summed E-state index contributed by atoms with van der Waals surface area (Å²) in [5.74, 6) is 0. The van der Waals surface area contributed by atoms with Crippen molar-refractivity contribution in [3.8, 4) is 0 Å². The monoisotopic (exact) mass is 414 g/mol. The summed E-state index contributed by atoms with van der Waals surface area (Å²) < 4.78 is 28.1. The Bertz CT molecular complexity index is 978. The van der Waals surface area contributed by atoms with Gasteiger partial charge in [0.25, 0.3) is 0 Å². The Hall–Kier alpha value is -2.18. The van der Waals surface area contributed by atoms with Gasteiger partial charge in [0, 0.05) is 24.2 Å². The predicted octanol–water partition coefficient (Wildman–Crippen LogP) is 4.49. The number of hydrogen-bond donors (Lipinski definition) is 1. The van der Waals surface area contributed by atoms with E-state index in [9.17, 15) is 8.42 Å². The van der Waals surface area contributed by atoms with Gasteiger partial charge in [-0.3, -0.25) is 4.90 Å². The van der Waals surface area contributed by atoms with Gasteiger partial charge >= 0.3 is 0 Å². The fourth-order valence-electron chi connectivity index (χ4n) is 3.07. The predicted molar refractivity (Wildman–Crippen MR) is 114 cm³/mol. The zero-order valence-electron chi connectivity index (χ0n) is 15.6. The molecule has 3 aromatic carbocycles. The van der Waals surface area contributed by atoms with Crippen molar-refractivity contribution >= 4 is 21.6 Å². The van der Waals surface area contributed by atoms with Gasteiger partial charge < -0.3 is 0 Å². The molecular formula is C22H23ClN2O2S. The Labute approximate surface area is 171 Å². The number of likely N-dealkylation sites (N-methyl/N-ethyl adjacent to an activating group) is 1. The Balaban J connectivity index is 1.78. The van der Waals surface area contributed by atoms with Crippen molar-refractivity contribution in [3.63, 3.8) is 0 Å². The molecule has 0 aliphatic rings. The van der Waals surface area contributed by atoms with Crippen molar-refractivity contribution in [3.05, 3.63) is 101 Å². The summed E-state index contributed by atoms with van der Waals surface area (Å²) in [5.41, 5.74) is 2.23. The third kappa shape index (κ3) is 5.42. The zero-order valence-corrected chi connectivity index (χ0v) is 17.2. The number of nitrogens with zero attached hydrogens (tertiary/aromatic N) is 1. The molecular weight excluding hydrogens is 392 g/mol. The lowest BCUT2D eigenvalue weighted by Gasteiger charge is -2.29. The number of rotatable bonds is 8. The molecule has 0 aromatic heterocycles. The van der Waals surface area contributed by atoms with Gasteiger partial charge in [-0.2, -0.15) is 0 Å². The van der Waals surface area contributed by atoms with E-state index < -0.39 is 10.0 Å². The number of benzene rings is 3. The van der Waals surface area contributed by atoms with Crippen molar-refractivity contribution in [2.24, 2.45) is 0 Å². The summed E-state index contributed by atoms with van der Waals surface area (Å²) >= 11 is 5.87. The molecule has 0 aliphatic heterocycles. The second-order valence-electron chi connectivity index (χ2n) is 6.63. The molecule has 0 spiro atoms. The number of hydrogen-bond acceptors (Lipinski definition) is 3. The van der Waals surface area contributed by atoms with E-state index in [-0.39, 0.29) is 17.5 Å². The van der Waals surface area contributed by atoms with E-state index in [1.807, 2.05) is 55.6 Å². The minimum Gasteiger partial charge on any atom is -0.294 e. The lowest BCUT2D eigenvalue weighted by molar-refractivity contribution is 0.237. The Morgan fingerprint density at radius 2 is 1.46 bits per heavy atom. The van der Waals surface area contributed by atoms with Gasteiger partial charge in [-0.25, -0.2) is 13.1 Å². The van der Waals surface area contributed by atoms with Crippen LogP contribution in [0.4, 0.5) is 0 Å². The van der Waals surface area contributed by atoms with Crippen molar-refractivity contribution in [2.45, 2.75) is 17.5 Å². The van der Waals surface area contributed by atoms with Crippen LogP contribution in [0.3, 0.4) is 0 Å². The maximum atomic E-state index is 12.7. The fourth-order valence-corrected chi connectivity index (χ4v) is 4.24. The summed E-state index contributed by atoms with van der Waals surface area (Å²) in [6, 6.07) is 26.1. The van der Waals surface area contributed by atoms with Gasteiger partial charge in [0.15, 0.2) is 0 Å². The molecule has 0 saturated carbocycles. The Morgan fingerprint density at radius 3 is 2.07 bits per heavy atom. The molecule has 0 radical (unpaired) electrons. The summed E-state index contributed by atoms with van der Waals surface area (Å²) in [7, 11) is -1.62. The van der Waals surface area contributed by atoms with Gasteiger partial charge in [0.2, 0.25) is 10.0 Å². The molecule has 6 heteroatoms. The van der Waals surface area contributed by atoms with E-state index in [4.69, 9.17) is 11.6 Å². The van der Waals surface area contributed by atoms with E-state index >= 15 is 0 Å². The van der Waals surface area contributed by atoms with Gasteiger partial charge in [-0.05, 0) is 42.4 Å². The lowest BCUT2D eigenvalue weighted by Crippen LogP contribution is -2.36. The lowest BCUT2D eigenvalue weighted by atomic mass is 10.1. The smallest absolute Gasteiger partial charge is 0.240 e. The molecule has 1 atom stereocenters. The molecule has 28 heavy (non-hydrogen) atoms. The normalized spacial score (nSPS) is 12.8. The van der Waals surface area contributed by atoms with Crippen molar-refractivity contribution in [2.75, 3.05) is 13.6 Å². The van der Waals surface area contributed by atoms with Gasteiger partial charge in [0.1, 0.15) is 0 Å². The first-order valence-electron chi connectivity index (χ1n) is 9.00.